The molecule has 2 fully saturated rings. The van der Waals surface area contributed by atoms with Crippen LogP contribution in [0.15, 0.2) is 0 Å². The maximum atomic E-state index is 12.6. The Morgan fingerprint density at radius 3 is 2.36 bits per heavy atom. The molecule has 0 aromatic heterocycles. The minimum atomic E-state index is -0.831. The summed E-state index contributed by atoms with van der Waals surface area (Å²) in [5.74, 6) is -0.404. The molecule has 8 heteroatoms. The van der Waals surface area contributed by atoms with Gasteiger partial charge >= 0.3 is 0 Å². The van der Waals surface area contributed by atoms with Gasteiger partial charge in [-0.2, -0.15) is 0 Å². The zero-order chi connectivity index (χ0) is 18.8. The third-order valence-corrected chi connectivity index (χ3v) is 5.85. The molecule has 25 heavy (non-hydrogen) atoms. The summed E-state index contributed by atoms with van der Waals surface area (Å²) in [5.41, 5.74) is 0. The number of nitrogens with one attached hydrogen (secondary N) is 1. The van der Waals surface area contributed by atoms with Gasteiger partial charge in [-0.05, 0) is 0 Å². The molecule has 2 heterocycles. The standard InChI is InChI=1S/C17H34N3O5/c1-12-13(11-21)25-17(24-5)15(16(12)23)18-14(22)10-20(4)8-6-19(2,3)7-9-20/h12-13,15-17,21,23H,6-11H2,1-5H3/q+1/p+1. The Kier molecular flexibility index (Phi) is 6.45. The quantitative estimate of drug-likeness (QED) is 0.512. The highest BCUT2D eigenvalue weighted by atomic mass is 16.7. The van der Waals surface area contributed by atoms with Crippen molar-refractivity contribution in [3.8, 4) is 0 Å². The molecule has 5 atom stereocenters. The number of aliphatic hydroxyl groups is 2. The summed E-state index contributed by atoms with van der Waals surface area (Å²) in [6.07, 6.45) is -2.10. The van der Waals surface area contributed by atoms with Crippen molar-refractivity contribution in [2.24, 2.45) is 5.92 Å². The largest absolute Gasteiger partial charge is 0.394 e. The van der Waals surface area contributed by atoms with Crippen LogP contribution < -0.4 is 5.32 Å². The number of likely N-dealkylation sites (N-methyl/N-ethyl adjacent to an activating group) is 2. The van der Waals surface area contributed by atoms with Gasteiger partial charge in [0, 0.05) is 13.0 Å². The number of ether oxygens (including phenoxy) is 2. The van der Waals surface area contributed by atoms with E-state index in [0.29, 0.717) is 11.0 Å². The van der Waals surface area contributed by atoms with Crippen LogP contribution in [-0.4, -0.2) is 117 Å². The number of aliphatic hydroxyl groups excluding tert-OH is 2. The third-order valence-electron chi connectivity index (χ3n) is 5.85. The summed E-state index contributed by atoms with van der Waals surface area (Å²) < 4.78 is 12.6. The second-order valence-corrected chi connectivity index (χ2v) is 8.51. The van der Waals surface area contributed by atoms with Crippen LogP contribution in [0.1, 0.15) is 6.92 Å². The third kappa shape index (κ3) is 4.90. The molecule has 2 aliphatic rings. The molecule has 0 aromatic carbocycles. The van der Waals surface area contributed by atoms with E-state index in [2.05, 4.69) is 26.5 Å². The Morgan fingerprint density at radius 1 is 1.24 bits per heavy atom. The molecule has 146 valence electrons. The van der Waals surface area contributed by atoms with E-state index in [4.69, 9.17) is 9.47 Å². The first kappa shape index (κ1) is 20.5. The van der Waals surface area contributed by atoms with Gasteiger partial charge in [0.05, 0.1) is 40.0 Å². The van der Waals surface area contributed by atoms with Gasteiger partial charge in [-0.25, -0.2) is 0 Å². The monoisotopic (exact) mass is 361 g/mol. The Labute approximate surface area is 150 Å². The van der Waals surface area contributed by atoms with Gasteiger partial charge in [-0.15, -0.1) is 0 Å². The normalized spacial score (nSPS) is 37.5. The molecule has 0 saturated carbocycles. The van der Waals surface area contributed by atoms with Gasteiger partial charge < -0.3 is 34.0 Å². The van der Waals surface area contributed by atoms with E-state index in [1.54, 1.807) is 6.92 Å². The van der Waals surface area contributed by atoms with Crippen LogP contribution in [0.3, 0.4) is 0 Å². The Hall–Kier alpha value is -0.770. The molecule has 0 bridgehead atoms. The lowest BCUT2D eigenvalue weighted by Crippen LogP contribution is -2.66. The molecule has 8 nitrogen and oxygen atoms in total. The van der Waals surface area contributed by atoms with Crippen LogP contribution in [0.4, 0.5) is 0 Å². The topological polar surface area (TPSA) is 88.0 Å². The van der Waals surface area contributed by atoms with Crippen molar-refractivity contribution in [3.05, 3.63) is 0 Å². The summed E-state index contributed by atoms with van der Waals surface area (Å²) in [7, 11) is 7.99. The molecule has 2 aliphatic heterocycles. The molecule has 0 radical (unpaired) electrons. The second kappa shape index (κ2) is 7.85. The van der Waals surface area contributed by atoms with Crippen LogP contribution in [0, 0.1) is 5.92 Å². The molecule has 3 N–H and O–H groups in total. The molecule has 2 rings (SSSR count). The van der Waals surface area contributed by atoms with Crippen molar-refractivity contribution >= 4 is 5.91 Å². The summed E-state index contributed by atoms with van der Waals surface area (Å²) >= 11 is 0. The minimum absolute atomic E-state index is 0.112. The second-order valence-electron chi connectivity index (χ2n) is 8.51. The maximum Gasteiger partial charge on any atom is 0.275 e. The van der Waals surface area contributed by atoms with Gasteiger partial charge in [-0.1, -0.05) is 6.92 Å². The molecule has 1 amide bonds. The molecule has 5 unspecified atom stereocenters. The van der Waals surface area contributed by atoms with Gasteiger partial charge in [0.2, 0.25) is 0 Å². The van der Waals surface area contributed by atoms with E-state index in [-0.39, 0.29) is 18.4 Å². The number of hydrogen-bond acceptors (Lipinski definition) is 5. The SMILES string of the molecule is COC1OC(CO)C(C)C(O)C1NC(=O)C[N+]1(C)CC[N+](C)(C)CC1. The van der Waals surface area contributed by atoms with Gasteiger partial charge in [0.25, 0.3) is 5.91 Å². The van der Waals surface area contributed by atoms with Crippen LogP contribution in [-0.2, 0) is 14.3 Å². The van der Waals surface area contributed by atoms with Crippen LogP contribution >= 0.6 is 0 Å². The first-order valence-electron chi connectivity index (χ1n) is 9.03. The summed E-state index contributed by atoms with van der Waals surface area (Å²) in [5, 5.41) is 22.8. The van der Waals surface area contributed by atoms with Crippen molar-refractivity contribution in [2.45, 2.75) is 31.5 Å². The number of nitrogens with zero attached hydrogens (tertiary/aromatic N) is 2. The van der Waals surface area contributed by atoms with E-state index in [1.165, 1.54) is 7.11 Å². The van der Waals surface area contributed by atoms with E-state index in [1.807, 2.05) is 0 Å². The van der Waals surface area contributed by atoms with E-state index in [0.717, 1.165) is 30.7 Å². The van der Waals surface area contributed by atoms with Crippen LogP contribution in [0.5, 0.6) is 0 Å². The van der Waals surface area contributed by atoms with Crippen molar-refractivity contribution in [1.29, 1.82) is 0 Å². The number of carbonyl (C=O) groups excluding carboxylic acids is 1. The zero-order valence-corrected chi connectivity index (χ0v) is 16.1. The number of hydrogen-bond donors (Lipinski definition) is 3. The predicted octanol–water partition coefficient (Wildman–Crippen LogP) is -1.63. The lowest BCUT2D eigenvalue weighted by molar-refractivity contribution is -1.00. The molecule has 0 spiro atoms. The highest BCUT2D eigenvalue weighted by Gasteiger charge is 2.44. The average Bonchev–Trinajstić information content (AvgIpc) is 2.55. The predicted molar refractivity (Wildman–Crippen MR) is 92.5 cm³/mol. The number of quaternary nitrogens is 2. The van der Waals surface area contributed by atoms with Gasteiger partial charge in [0.15, 0.2) is 12.8 Å². The summed E-state index contributed by atoms with van der Waals surface area (Å²) in [6.45, 7) is 5.94. The summed E-state index contributed by atoms with van der Waals surface area (Å²) in [4.78, 5) is 12.6. The molecular weight excluding hydrogens is 326 g/mol. The smallest absolute Gasteiger partial charge is 0.275 e. The minimum Gasteiger partial charge on any atom is -0.394 e. The van der Waals surface area contributed by atoms with E-state index < -0.39 is 24.5 Å². The average molecular weight is 361 g/mol. The first-order chi connectivity index (χ1) is 11.6. The number of amides is 1. The fourth-order valence-corrected chi connectivity index (χ4v) is 3.64. The number of methoxy groups -OCH3 is 1. The Balaban J connectivity index is 1.96. The van der Waals surface area contributed by atoms with Crippen molar-refractivity contribution in [2.75, 3.05) is 67.6 Å². The lowest BCUT2D eigenvalue weighted by atomic mass is 9.89. The summed E-state index contributed by atoms with van der Waals surface area (Å²) in [6, 6.07) is -0.640. The number of rotatable bonds is 5. The van der Waals surface area contributed by atoms with Crippen molar-refractivity contribution in [3.63, 3.8) is 0 Å². The fourth-order valence-electron chi connectivity index (χ4n) is 3.64. The zero-order valence-electron chi connectivity index (χ0n) is 16.1. The Bertz CT molecular complexity index is 461. The first-order valence-corrected chi connectivity index (χ1v) is 9.03. The van der Waals surface area contributed by atoms with Crippen LogP contribution in [0.25, 0.3) is 0 Å². The molecular formula is C17H35N3O5+2. The van der Waals surface area contributed by atoms with Crippen LogP contribution in [0.2, 0.25) is 0 Å². The van der Waals surface area contributed by atoms with E-state index >= 15 is 0 Å². The van der Waals surface area contributed by atoms with Crippen molar-refractivity contribution < 1.29 is 33.4 Å². The van der Waals surface area contributed by atoms with Crippen molar-refractivity contribution in [1.82, 2.24) is 5.32 Å². The maximum absolute atomic E-state index is 12.6. The molecule has 2 saturated heterocycles. The highest BCUT2D eigenvalue weighted by Crippen LogP contribution is 2.26. The lowest BCUT2D eigenvalue weighted by Gasteiger charge is -2.45. The Morgan fingerprint density at radius 2 is 1.84 bits per heavy atom. The fraction of sp³-hybridized carbons (Fsp3) is 0.941. The number of piperazine rings is 1. The highest BCUT2D eigenvalue weighted by molar-refractivity contribution is 5.77. The molecule has 0 aliphatic carbocycles. The van der Waals surface area contributed by atoms with Gasteiger partial charge in [0.1, 0.15) is 32.2 Å². The van der Waals surface area contributed by atoms with Gasteiger partial charge in [-0.3, -0.25) is 4.79 Å². The number of carbonyl (C=O) groups is 1. The molecule has 0 aromatic rings. The van der Waals surface area contributed by atoms with E-state index in [9.17, 15) is 15.0 Å².